The minimum atomic E-state index is -0.111. The number of rotatable bonds is 4. The Labute approximate surface area is 120 Å². The van der Waals surface area contributed by atoms with Gasteiger partial charge in [0.05, 0.1) is 0 Å². The molecular weight excluding hydrogens is 253 g/mol. The predicted octanol–water partition coefficient (Wildman–Crippen LogP) is 1.95. The highest BCUT2D eigenvalue weighted by molar-refractivity contribution is 5.26. The summed E-state index contributed by atoms with van der Waals surface area (Å²) in [5, 5.41) is 0. The van der Waals surface area contributed by atoms with E-state index in [-0.39, 0.29) is 12.4 Å². The second-order valence-electron chi connectivity index (χ2n) is 6.02. The van der Waals surface area contributed by atoms with E-state index in [9.17, 15) is 4.39 Å². The maximum Gasteiger partial charge on any atom is 0.132 e. The van der Waals surface area contributed by atoms with Gasteiger partial charge in [0.2, 0.25) is 0 Å². The molecule has 110 valence electrons. The van der Waals surface area contributed by atoms with E-state index in [4.69, 9.17) is 5.73 Å². The summed E-state index contributed by atoms with van der Waals surface area (Å²) in [6, 6.07) is 6.25. The van der Waals surface area contributed by atoms with Crippen LogP contribution in [0.15, 0.2) is 18.2 Å². The van der Waals surface area contributed by atoms with Crippen molar-refractivity contribution >= 4 is 0 Å². The lowest BCUT2D eigenvalue weighted by Crippen LogP contribution is -2.35. The molecule has 0 radical (unpaired) electrons. The number of halogens is 1. The Hall–Kier alpha value is -0.970. The second kappa shape index (κ2) is 6.20. The molecule has 2 aliphatic heterocycles. The predicted molar refractivity (Wildman–Crippen MR) is 78.8 cm³/mol. The fraction of sp³-hybridized carbons (Fsp3) is 0.625. The van der Waals surface area contributed by atoms with Crippen LogP contribution in [0.5, 0.6) is 0 Å². The number of hydrogen-bond acceptors (Lipinski definition) is 3. The Morgan fingerprint density at radius 1 is 1.15 bits per heavy atom. The van der Waals surface area contributed by atoms with Gasteiger partial charge in [-0.15, -0.1) is 0 Å². The highest BCUT2D eigenvalue weighted by atomic mass is 19.1. The maximum absolute atomic E-state index is 14.2. The van der Waals surface area contributed by atoms with E-state index in [2.05, 4.69) is 9.80 Å². The Morgan fingerprint density at radius 3 is 2.65 bits per heavy atom. The van der Waals surface area contributed by atoms with Crippen LogP contribution in [0.1, 0.15) is 30.4 Å². The third-order valence-corrected chi connectivity index (χ3v) is 4.68. The molecule has 3 rings (SSSR count). The number of likely N-dealkylation sites (tertiary alicyclic amines) is 2. The van der Waals surface area contributed by atoms with Crippen LogP contribution in [0.3, 0.4) is 0 Å². The maximum atomic E-state index is 14.2. The van der Waals surface area contributed by atoms with Crippen LogP contribution in [0, 0.1) is 5.82 Å². The van der Waals surface area contributed by atoms with Crippen LogP contribution in [0.4, 0.5) is 4.39 Å². The van der Waals surface area contributed by atoms with Crippen LogP contribution in [0.2, 0.25) is 0 Å². The number of hydrogen-bond donors (Lipinski definition) is 1. The van der Waals surface area contributed by atoms with E-state index in [1.54, 1.807) is 6.07 Å². The summed E-state index contributed by atoms with van der Waals surface area (Å²) in [6.07, 6.45) is 3.89. The fourth-order valence-electron chi connectivity index (χ4n) is 3.51. The quantitative estimate of drug-likeness (QED) is 0.913. The summed E-state index contributed by atoms with van der Waals surface area (Å²) in [4.78, 5) is 4.98. The van der Waals surface area contributed by atoms with Crippen LogP contribution in [-0.2, 0) is 13.1 Å². The first-order valence-electron chi connectivity index (χ1n) is 7.70. The van der Waals surface area contributed by atoms with Gasteiger partial charge in [0, 0.05) is 43.3 Å². The van der Waals surface area contributed by atoms with Gasteiger partial charge in [-0.1, -0.05) is 18.2 Å². The minimum Gasteiger partial charge on any atom is -0.326 e. The van der Waals surface area contributed by atoms with Crippen molar-refractivity contribution in [2.75, 3.05) is 26.2 Å². The van der Waals surface area contributed by atoms with Gasteiger partial charge in [0.15, 0.2) is 0 Å². The molecule has 1 aromatic carbocycles. The Morgan fingerprint density at radius 2 is 1.90 bits per heavy atom. The summed E-state index contributed by atoms with van der Waals surface area (Å²) in [7, 11) is 0. The van der Waals surface area contributed by atoms with Crippen molar-refractivity contribution in [2.24, 2.45) is 5.73 Å². The molecule has 0 aromatic heterocycles. The first-order chi connectivity index (χ1) is 9.78. The molecule has 2 heterocycles. The summed E-state index contributed by atoms with van der Waals surface area (Å²) in [6.45, 7) is 5.63. The van der Waals surface area contributed by atoms with E-state index in [1.807, 2.05) is 12.1 Å². The van der Waals surface area contributed by atoms with Crippen molar-refractivity contribution in [3.05, 3.63) is 35.1 Å². The van der Waals surface area contributed by atoms with Crippen molar-refractivity contribution in [3.8, 4) is 0 Å². The molecule has 2 fully saturated rings. The van der Waals surface area contributed by atoms with Gasteiger partial charge >= 0.3 is 0 Å². The van der Waals surface area contributed by atoms with E-state index in [0.29, 0.717) is 18.2 Å². The van der Waals surface area contributed by atoms with E-state index >= 15 is 0 Å². The monoisotopic (exact) mass is 277 g/mol. The zero-order chi connectivity index (χ0) is 13.9. The molecular formula is C16H24FN3. The Balaban J connectivity index is 1.61. The molecule has 1 atom stereocenters. The third-order valence-electron chi connectivity index (χ3n) is 4.68. The molecule has 0 aliphatic carbocycles. The average Bonchev–Trinajstić information content (AvgIpc) is 3.11. The molecule has 2 saturated heterocycles. The van der Waals surface area contributed by atoms with E-state index in [0.717, 1.165) is 18.7 Å². The van der Waals surface area contributed by atoms with Crippen LogP contribution in [0.25, 0.3) is 0 Å². The van der Waals surface area contributed by atoms with Crippen LogP contribution in [-0.4, -0.2) is 42.0 Å². The van der Waals surface area contributed by atoms with E-state index < -0.39 is 0 Å². The lowest BCUT2D eigenvalue weighted by molar-refractivity contribution is 0.229. The standard InChI is InChI=1S/C16H24FN3/c17-16-13(10-18)4-3-5-14(16)11-19-9-6-15(12-19)20-7-1-2-8-20/h3-5,15H,1-2,6-12,18H2. The van der Waals surface area contributed by atoms with E-state index in [1.165, 1.54) is 32.4 Å². The van der Waals surface area contributed by atoms with Crippen molar-refractivity contribution in [1.29, 1.82) is 0 Å². The van der Waals surface area contributed by atoms with Gasteiger partial charge in [-0.25, -0.2) is 4.39 Å². The zero-order valence-corrected chi connectivity index (χ0v) is 12.0. The summed E-state index contributed by atoms with van der Waals surface area (Å²) in [5.41, 5.74) is 6.98. The molecule has 4 heteroatoms. The average molecular weight is 277 g/mol. The molecule has 0 bridgehead atoms. The van der Waals surface area contributed by atoms with Gasteiger partial charge in [-0.2, -0.15) is 0 Å². The fourth-order valence-corrected chi connectivity index (χ4v) is 3.51. The smallest absolute Gasteiger partial charge is 0.132 e. The summed E-state index contributed by atoms with van der Waals surface area (Å²) in [5.74, 6) is -0.111. The molecule has 0 spiro atoms. The third kappa shape index (κ3) is 2.87. The Bertz CT molecular complexity index is 457. The molecule has 0 amide bonds. The molecule has 1 aromatic rings. The van der Waals surface area contributed by atoms with Gasteiger partial charge in [-0.3, -0.25) is 9.80 Å². The molecule has 1 unspecified atom stereocenters. The number of benzene rings is 1. The lowest BCUT2D eigenvalue weighted by atomic mass is 10.1. The van der Waals surface area contributed by atoms with Crippen molar-refractivity contribution < 1.29 is 4.39 Å². The van der Waals surface area contributed by atoms with Crippen molar-refractivity contribution in [1.82, 2.24) is 9.80 Å². The summed E-state index contributed by atoms with van der Waals surface area (Å²) < 4.78 is 14.2. The van der Waals surface area contributed by atoms with Gasteiger partial charge in [0.25, 0.3) is 0 Å². The number of nitrogens with zero attached hydrogens (tertiary/aromatic N) is 2. The van der Waals surface area contributed by atoms with Gasteiger partial charge in [0.1, 0.15) is 5.82 Å². The molecule has 2 aliphatic rings. The SMILES string of the molecule is NCc1cccc(CN2CCC(N3CCCC3)C2)c1F. The molecule has 0 saturated carbocycles. The first kappa shape index (κ1) is 14.0. The van der Waals surface area contributed by atoms with Crippen molar-refractivity contribution in [2.45, 2.75) is 38.4 Å². The highest BCUT2D eigenvalue weighted by Gasteiger charge is 2.29. The highest BCUT2D eigenvalue weighted by Crippen LogP contribution is 2.23. The molecule has 2 N–H and O–H groups in total. The summed E-state index contributed by atoms with van der Waals surface area (Å²) >= 11 is 0. The lowest BCUT2D eigenvalue weighted by Gasteiger charge is -2.24. The minimum absolute atomic E-state index is 0.111. The zero-order valence-electron chi connectivity index (χ0n) is 12.0. The topological polar surface area (TPSA) is 32.5 Å². The normalized spacial score (nSPS) is 24.6. The van der Waals surface area contributed by atoms with Crippen molar-refractivity contribution in [3.63, 3.8) is 0 Å². The number of nitrogens with two attached hydrogens (primary N) is 1. The first-order valence-corrected chi connectivity index (χ1v) is 7.70. The molecule has 3 nitrogen and oxygen atoms in total. The van der Waals surface area contributed by atoms with Gasteiger partial charge in [-0.05, 0) is 32.4 Å². The largest absolute Gasteiger partial charge is 0.326 e. The Kier molecular flexibility index (Phi) is 4.34. The molecule has 20 heavy (non-hydrogen) atoms. The second-order valence-corrected chi connectivity index (χ2v) is 6.02. The van der Waals surface area contributed by atoms with Crippen LogP contribution >= 0.6 is 0 Å². The van der Waals surface area contributed by atoms with Gasteiger partial charge < -0.3 is 5.73 Å². The van der Waals surface area contributed by atoms with Crippen LogP contribution < -0.4 is 5.73 Å².